The lowest BCUT2D eigenvalue weighted by molar-refractivity contribution is 0.669. The normalized spacial score (nSPS) is 11.6. The molecule has 56 heavy (non-hydrogen) atoms. The Bertz CT molecular complexity index is 3190. The van der Waals surface area contributed by atoms with Crippen molar-refractivity contribution in [2.24, 2.45) is 0 Å². The standard InChI is InChI=1S/C50H31N5O/c1-4-16-32(17-5-1)36-22-10-11-23-37(36)35-28-42(49-53-47(33-18-6-2-7-19-33)52-48(54-49)34-20-8-3-9-21-34)50(51-31-35)55-43-26-14-12-24-38(43)40-29-41-39-25-13-15-27-45(39)56-46(41)30-44(40)55/h1-31H. The van der Waals surface area contributed by atoms with Crippen molar-refractivity contribution in [1.29, 1.82) is 0 Å². The van der Waals surface area contributed by atoms with Crippen molar-refractivity contribution in [1.82, 2.24) is 24.5 Å². The maximum absolute atomic E-state index is 6.46. The highest BCUT2D eigenvalue weighted by Gasteiger charge is 2.23. The van der Waals surface area contributed by atoms with Crippen LogP contribution in [-0.4, -0.2) is 24.5 Å². The summed E-state index contributed by atoms with van der Waals surface area (Å²) in [6.45, 7) is 0. The summed E-state index contributed by atoms with van der Waals surface area (Å²) in [4.78, 5) is 20.8. The van der Waals surface area contributed by atoms with Crippen molar-refractivity contribution in [3.8, 4) is 62.2 Å². The van der Waals surface area contributed by atoms with E-state index in [9.17, 15) is 0 Å². The Hall–Kier alpha value is -7.70. The fourth-order valence-electron chi connectivity index (χ4n) is 7.90. The lowest BCUT2D eigenvalue weighted by Gasteiger charge is -2.16. The van der Waals surface area contributed by atoms with Gasteiger partial charge in [0.05, 0.1) is 16.6 Å². The smallest absolute Gasteiger partial charge is 0.167 e. The first-order chi connectivity index (χ1) is 27.8. The van der Waals surface area contributed by atoms with Crippen molar-refractivity contribution in [2.45, 2.75) is 0 Å². The molecule has 0 aliphatic carbocycles. The Morgan fingerprint density at radius 3 is 1.61 bits per heavy atom. The first-order valence-corrected chi connectivity index (χ1v) is 18.6. The van der Waals surface area contributed by atoms with E-state index in [1.807, 2.05) is 85.1 Å². The van der Waals surface area contributed by atoms with E-state index in [4.69, 9.17) is 24.4 Å². The van der Waals surface area contributed by atoms with E-state index in [0.29, 0.717) is 23.3 Å². The maximum atomic E-state index is 6.46. The van der Waals surface area contributed by atoms with Crippen LogP contribution in [0.5, 0.6) is 0 Å². The third-order valence-corrected chi connectivity index (χ3v) is 10.5. The average Bonchev–Trinajstić information content (AvgIpc) is 3.80. The average molecular weight is 718 g/mol. The van der Waals surface area contributed by atoms with Gasteiger partial charge in [-0.15, -0.1) is 0 Å². The Labute approximate surface area is 322 Å². The highest BCUT2D eigenvalue weighted by molar-refractivity contribution is 6.17. The summed E-state index contributed by atoms with van der Waals surface area (Å²) < 4.78 is 8.69. The highest BCUT2D eigenvalue weighted by Crippen LogP contribution is 2.41. The zero-order chi connectivity index (χ0) is 37.0. The zero-order valence-corrected chi connectivity index (χ0v) is 30.0. The molecular formula is C50H31N5O. The summed E-state index contributed by atoms with van der Waals surface area (Å²) in [5.41, 5.74) is 10.5. The molecule has 6 heteroatoms. The Balaban J connectivity index is 1.23. The van der Waals surface area contributed by atoms with Crippen molar-refractivity contribution in [3.63, 3.8) is 0 Å². The minimum atomic E-state index is 0.523. The molecule has 0 aliphatic heterocycles. The molecule has 11 aromatic rings. The second-order valence-electron chi connectivity index (χ2n) is 13.9. The number of fused-ring (bicyclic) bond motifs is 6. The molecule has 7 aromatic carbocycles. The van der Waals surface area contributed by atoms with E-state index in [1.165, 1.54) is 0 Å². The number of furan rings is 1. The van der Waals surface area contributed by atoms with E-state index in [-0.39, 0.29) is 0 Å². The van der Waals surface area contributed by atoms with E-state index in [2.05, 4.69) is 108 Å². The number of aromatic nitrogens is 5. The Morgan fingerprint density at radius 2 is 0.911 bits per heavy atom. The summed E-state index contributed by atoms with van der Waals surface area (Å²) in [6, 6.07) is 62.4. The molecule has 0 amide bonds. The van der Waals surface area contributed by atoms with Gasteiger partial charge in [0.2, 0.25) is 0 Å². The first kappa shape index (κ1) is 31.8. The van der Waals surface area contributed by atoms with Gasteiger partial charge in [0.15, 0.2) is 17.5 Å². The topological polar surface area (TPSA) is 69.6 Å². The van der Waals surface area contributed by atoms with Gasteiger partial charge >= 0.3 is 0 Å². The largest absolute Gasteiger partial charge is 0.456 e. The van der Waals surface area contributed by atoms with Gasteiger partial charge in [0, 0.05) is 50.5 Å². The zero-order valence-electron chi connectivity index (χ0n) is 30.0. The number of hydrogen-bond acceptors (Lipinski definition) is 5. The molecule has 0 bridgehead atoms. The number of pyridine rings is 1. The molecule has 0 saturated carbocycles. The van der Waals surface area contributed by atoms with Gasteiger partial charge in [-0.25, -0.2) is 19.9 Å². The van der Waals surface area contributed by atoms with Crippen LogP contribution in [0, 0.1) is 0 Å². The number of para-hydroxylation sites is 2. The Morgan fingerprint density at radius 1 is 0.357 bits per heavy atom. The minimum absolute atomic E-state index is 0.523. The van der Waals surface area contributed by atoms with Gasteiger partial charge in [0.25, 0.3) is 0 Å². The van der Waals surface area contributed by atoms with Crippen LogP contribution < -0.4 is 0 Å². The van der Waals surface area contributed by atoms with E-state index in [0.717, 1.165) is 82.7 Å². The molecule has 262 valence electrons. The van der Waals surface area contributed by atoms with E-state index < -0.39 is 0 Å². The third-order valence-electron chi connectivity index (χ3n) is 10.5. The molecular weight excluding hydrogens is 687 g/mol. The molecule has 0 saturated heterocycles. The second kappa shape index (κ2) is 13.0. The summed E-state index contributed by atoms with van der Waals surface area (Å²) >= 11 is 0. The highest BCUT2D eigenvalue weighted by atomic mass is 16.3. The fourth-order valence-corrected chi connectivity index (χ4v) is 7.90. The van der Waals surface area contributed by atoms with Crippen molar-refractivity contribution in [2.75, 3.05) is 0 Å². The van der Waals surface area contributed by atoms with Crippen LogP contribution in [0.2, 0.25) is 0 Å². The molecule has 0 fully saturated rings. The van der Waals surface area contributed by atoms with Gasteiger partial charge in [-0.3, -0.25) is 4.57 Å². The molecule has 0 atom stereocenters. The van der Waals surface area contributed by atoms with Crippen LogP contribution in [0.25, 0.3) is 106 Å². The third kappa shape index (κ3) is 5.27. The molecule has 0 unspecified atom stereocenters. The monoisotopic (exact) mass is 717 g/mol. The van der Waals surface area contributed by atoms with Gasteiger partial charge in [0.1, 0.15) is 17.0 Å². The fraction of sp³-hybridized carbons (Fsp3) is 0. The number of hydrogen-bond donors (Lipinski definition) is 0. The van der Waals surface area contributed by atoms with Gasteiger partial charge in [-0.1, -0.05) is 152 Å². The van der Waals surface area contributed by atoms with Crippen LogP contribution in [0.4, 0.5) is 0 Å². The van der Waals surface area contributed by atoms with Crippen LogP contribution in [0.3, 0.4) is 0 Å². The predicted octanol–water partition coefficient (Wildman–Crippen LogP) is 12.6. The van der Waals surface area contributed by atoms with E-state index >= 15 is 0 Å². The lowest BCUT2D eigenvalue weighted by Crippen LogP contribution is -2.06. The molecule has 4 heterocycles. The predicted molar refractivity (Wildman–Crippen MR) is 226 cm³/mol. The van der Waals surface area contributed by atoms with Crippen molar-refractivity contribution in [3.05, 3.63) is 188 Å². The summed E-state index contributed by atoms with van der Waals surface area (Å²) in [6.07, 6.45) is 1.97. The van der Waals surface area contributed by atoms with Crippen LogP contribution >= 0.6 is 0 Å². The van der Waals surface area contributed by atoms with Gasteiger partial charge in [-0.2, -0.15) is 0 Å². The Kier molecular flexibility index (Phi) is 7.38. The van der Waals surface area contributed by atoms with Crippen molar-refractivity contribution >= 4 is 43.7 Å². The minimum Gasteiger partial charge on any atom is -0.456 e. The molecule has 0 radical (unpaired) electrons. The SMILES string of the molecule is c1ccc(-c2nc(-c3ccccc3)nc(-c3cc(-c4ccccc4-c4ccccc4)cnc3-n3c4ccccc4c4cc5c(cc43)oc3ccccc35)n2)cc1. The number of nitrogens with zero attached hydrogens (tertiary/aromatic N) is 5. The maximum Gasteiger partial charge on any atom is 0.167 e. The summed E-state index contributed by atoms with van der Waals surface area (Å²) in [7, 11) is 0. The lowest BCUT2D eigenvalue weighted by atomic mass is 9.94. The van der Waals surface area contributed by atoms with Gasteiger partial charge in [-0.05, 0) is 41.0 Å². The molecule has 11 rings (SSSR count). The summed E-state index contributed by atoms with van der Waals surface area (Å²) in [5, 5.41) is 4.39. The summed E-state index contributed by atoms with van der Waals surface area (Å²) in [5.74, 6) is 2.40. The molecule has 0 N–H and O–H groups in total. The van der Waals surface area contributed by atoms with Crippen molar-refractivity contribution < 1.29 is 4.42 Å². The van der Waals surface area contributed by atoms with E-state index in [1.54, 1.807) is 0 Å². The second-order valence-corrected chi connectivity index (χ2v) is 13.9. The molecule has 4 aromatic heterocycles. The van der Waals surface area contributed by atoms with Crippen LogP contribution in [0.1, 0.15) is 0 Å². The molecule has 6 nitrogen and oxygen atoms in total. The first-order valence-electron chi connectivity index (χ1n) is 18.6. The number of rotatable bonds is 6. The number of benzene rings is 7. The van der Waals surface area contributed by atoms with Crippen LogP contribution in [0.15, 0.2) is 193 Å². The molecule has 0 spiro atoms. The molecule has 0 aliphatic rings. The van der Waals surface area contributed by atoms with Crippen LogP contribution in [-0.2, 0) is 0 Å². The quantitative estimate of drug-likeness (QED) is 0.171. The van der Waals surface area contributed by atoms with Gasteiger partial charge < -0.3 is 4.42 Å².